The van der Waals surface area contributed by atoms with Crippen LogP contribution in [-0.4, -0.2) is 22.9 Å². The molecule has 2 amide bonds. The highest BCUT2D eigenvalue weighted by Crippen LogP contribution is 2.37. The van der Waals surface area contributed by atoms with Crippen LogP contribution in [-0.2, 0) is 4.79 Å². The number of amides is 2. The molecule has 7 heteroatoms. The van der Waals surface area contributed by atoms with Crippen molar-refractivity contribution in [2.45, 2.75) is 10.1 Å². The van der Waals surface area contributed by atoms with Gasteiger partial charge in [0.1, 0.15) is 5.25 Å². The van der Waals surface area contributed by atoms with E-state index in [0.29, 0.717) is 5.69 Å². The summed E-state index contributed by atoms with van der Waals surface area (Å²) in [4.78, 5) is 38.6. The van der Waals surface area contributed by atoms with E-state index in [1.165, 1.54) is 23.9 Å². The van der Waals surface area contributed by atoms with Crippen LogP contribution >= 0.6 is 11.8 Å². The normalized spacial score (nSPS) is 11.5. The van der Waals surface area contributed by atoms with E-state index < -0.39 is 17.1 Å². The van der Waals surface area contributed by atoms with Gasteiger partial charge in [0.25, 0.3) is 5.91 Å². The van der Waals surface area contributed by atoms with Crippen molar-refractivity contribution in [3.05, 3.63) is 138 Å². The number of carboxylic acids is 1. The van der Waals surface area contributed by atoms with Gasteiger partial charge in [-0.25, -0.2) is 4.79 Å². The van der Waals surface area contributed by atoms with Crippen LogP contribution in [0.2, 0.25) is 0 Å². The Balaban J connectivity index is 1.35. The monoisotopic (exact) mass is 532 g/mol. The molecule has 0 aromatic heterocycles. The number of anilines is 2. The van der Waals surface area contributed by atoms with Gasteiger partial charge in [-0.15, -0.1) is 11.8 Å². The fraction of sp³-hybridized carbons (Fsp3) is 0.0312. The molecule has 0 saturated heterocycles. The second-order valence-corrected chi connectivity index (χ2v) is 9.93. The molecule has 5 aromatic carbocycles. The van der Waals surface area contributed by atoms with E-state index in [0.717, 1.165) is 26.9 Å². The van der Waals surface area contributed by atoms with Crippen LogP contribution in [0.5, 0.6) is 0 Å². The third kappa shape index (κ3) is 6.00. The summed E-state index contributed by atoms with van der Waals surface area (Å²) in [5.74, 6) is -1.82. The molecule has 0 aliphatic carbocycles. The number of carbonyl (C=O) groups excluding carboxylic acids is 2. The molecule has 0 fully saturated rings. The number of nitrogens with one attached hydrogen (secondary N) is 2. The zero-order valence-corrected chi connectivity index (χ0v) is 21.5. The molecule has 5 aromatic rings. The third-order valence-corrected chi connectivity index (χ3v) is 7.42. The summed E-state index contributed by atoms with van der Waals surface area (Å²) in [6.07, 6.45) is 0. The molecule has 0 aliphatic heterocycles. The van der Waals surface area contributed by atoms with E-state index in [9.17, 15) is 19.5 Å². The summed E-state index contributed by atoms with van der Waals surface area (Å²) in [6.45, 7) is 0. The molecular formula is C32H24N2O4S. The van der Waals surface area contributed by atoms with Crippen LogP contribution in [0, 0.1) is 0 Å². The lowest BCUT2D eigenvalue weighted by Gasteiger charge is -2.18. The van der Waals surface area contributed by atoms with Crippen LogP contribution in [0.4, 0.5) is 11.4 Å². The quantitative estimate of drug-likeness (QED) is 0.183. The van der Waals surface area contributed by atoms with Gasteiger partial charge in [0.05, 0.1) is 11.1 Å². The van der Waals surface area contributed by atoms with Crippen LogP contribution in [0.3, 0.4) is 0 Å². The highest BCUT2D eigenvalue weighted by Gasteiger charge is 2.23. The maximum atomic E-state index is 13.6. The Kier molecular flexibility index (Phi) is 7.70. The van der Waals surface area contributed by atoms with Gasteiger partial charge in [0, 0.05) is 21.7 Å². The highest BCUT2D eigenvalue weighted by molar-refractivity contribution is 8.00. The Labute approximate surface area is 229 Å². The molecule has 0 radical (unpaired) electrons. The van der Waals surface area contributed by atoms with Crippen molar-refractivity contribution in [3.63, 3.8) is 0 Å². The zero-order valence-electron chi connectivity index (χ0n) is 20.7. The molecule has 6 nitrogen and oxygen atoms in total. The van der Waals surface area contributed by atoms with Gasteiger partial charge in [-0.3, -0.25) is 9.59 Å². The van der Waals surface area contributed by atoms with Gasteiger partial charge < -0.3 is 15.7 Å². The minimum Gasteiger partial charge on any atom is -0.478 e. The molecule has 1 atom stereocenters. The lowest BCUT2D eigenvalue weighted by Crippen LogP contribution is -2.19. The zero-order chi connectivity index (χ0) is 27.2. The molecular weight excluding hydrogens is 508 g/mol. The van der Waals surface area contributed by atoms with E-state index in [4.69, 9.17) is 0 Å². The minimum atomic E-state index is -1.17. The Morgan fingerprint density at radius 3 is 2.03 bits per heavy atom. The van der Waals surface area contributed by atoms with Gasteiger partial charge in [-0.2, -0.15) is 0 Å². The van der Waals surface area contributed by atoms with Crippen molar-refractivity contribution < 1.29 is 19.5 Å². The fourth-order valence-electron chi connectivity index (χ4n) is 4.25. The van der Waals surface area contributed by atoms with Gasteiger partial charge in [-0.05, 0) is 53.4 Å². The predicted molar refractivity (Wildman–Crippen MR) is 155 cm³/mol. The standard InChI is InChI=1S/C32H24N2O4S/c35-30(26-14-6-7-15-27(26)32(37)38)33-23-17-19-24(20-18-23)39-29(22-10-2-1-3-11-22)31(36)34-28-16-8-12-21-9-4-5-13-25(21)28/h1-20,29H,(H,33,35)(H,34,36)(H,37,38). The lowest BCUT2D eigenvalue weighted by atomic mass is 10.1. The molecule has 0 heterocycles. The first-order chi connectivity index (χ1) is 19.0. The number of carbonyl (C=O) groups is 3. The van der Waals surface area contributed by atoms with Gasteiger partial charge in [-0.1, -0.05) is 78.9 Å². The van der Waals surface area contributed by atoms with E-state index in [-0.39, 0.29) is 17.0 Å². The second kappa shape index (κ2) is 11.7. The summed E-state index contributed by atoms with van der Waals surface area (Å²) in [5, 5.41) is 16.7. The highest BCUT2D eigenvalue weighted by atomic mass is 32.2. The number of rotatable bonds is 8. The van der Waals surface area contributed by atoms with E-state index in [1.807, 2.05) is 84.9 Å². The third-order valence-electron chi connectivity index (χ3n) is 6.16. The van der Waals surface area contributed by atoms with E-state index >= 15 is 0 Å². The van der Waals surface area contributed by atoms with Crippen LogP contribution < -0.4 is 10.6 Å². The smallest absolute Gasteiger partial charge is 0.336 e. The summed E-state index contributed by atoms with van der Waals surface area (Å²) in [5.41, 5.74) is 2.14. The Hall–Kier alpha value is -4.88. The molecule has 0 spiro atoms. The van der Waals surface area contributed by atoms with Gasteiger partial charge in [0.2, 0.25) is 5.91 Å². The number of carboxylic acid groups (broad SMARTS) is 1. The first kappa shape index (κ1) is 25.8. The summed E-state index contributed by atoms with van der Waals surface area (Å²) in [7, 11) is 0. The van der Waals surface area contributed by atoms with E-state index in [2.05, 4.69) is 10.6 Å². The number of hydrogen-bond acceptors (Lipinski definition) is 4. The van der Waals surface area contributed by atoms with Crippen LogP contribution in [0.1, 0.15) is 31.5 Å². The van der Waals surface area contributed by atoms with Crippen LogP contribution in [0.15, 0.2) is 126 Å². The van der Waals surface area contributed by atoms with Crippen molar-refractivity contribution >= 4 is 51.7 Å². The average Bonchev–Trinajstić information content (AvgIpc) is 2.97. The number of thioether (sulfide) groups is 1. The first-order valence-corrected chi connectivity index (χ1v) is 13.1. The van der Waals surface area contributed by atoms with Crippen molar-refractivity contribution in [3.8, 4) is 0 Å². The van der Waals surface area contributed by atoms with Crippen molar-refractivity contribution in [2.75, 3.05) is 10.6 Å². The second-order valence-electron chi connectivity index (χ2n) is 8.75. The number of aromatic carboxylic acids is 1. The SMILES string of the molecule is O=C(O)c1ccccc1C(=O)Nc1ccc(SC(C(=O)Nc2cccc3ccccc23)c2ccccc2)cc1. The molecule has 192 valence electrons. The molecule has 39 heavy (non-hydrogen) atoms. The van der Waals surface area contributed by atoms with Crippen molar-refractivity contribution in [1.82, 2.24) is 0 Å². The van der Waals surface area contributed by atoms with Gasteiger partial charge >= 0.3 is 5.97 Å². The minimum absolute atomic E-state index is 0.0647. The molecule has 0 aliphatic rings. The topological polar surface area (TPSA) is 95.5 Å². The predicted octanol–water partition coefficient (Wildman–Crippen LogP) is 7.26. The average molecular weight is 533 g/mol. The molecule has 0 bridgehead atoms. The molecule has 0 saturated carbocycles. The van der Waals surface area contributed by atoms with Crippen molar-refractivity contribution in [2.24, 2.45) is 0 Å². The number of hydrogen-bond donors (Lipinski definition) is 3. The Morgan fingerprint density at radius 1 is 0.641 bits per heavy atom. The lowest BCUT2D eigenvalue weighted by molar-refractivity contribution is -0.115. The first-order valence-electron chi connectivity index (χ1n) is 12.2. The largest absolute Gasteiger partial charge is 0.478 e. The Bertz CT molecular complexity index is 1650. The van der Waals surface area contributed by atoms with Crippen molar-refractivity contribution in [1.29, 1.82) is 0 Å². The maximum absolute atomic E-state index is 13.6. The number of benzene rings is 5. The number of fused-ring (bicyclic) bond motifs is 1. The fourth-order valence-corrected chi connectivity index (χ4v) is 5.28. The summed E-state index contributed by atoms with van der Waals surface area (Å²) < 4.78 is 0. The molecule has 3 N–H and O–H groups in total. The summed E-state index contributed by atoms with van der Waals surface area (Å²) in [6, 6.07) is 36.5. The molecule has 1 unspecified atom stereocenters. The molecule has 5 rings (SSSR count). The summed E-state index contributed by atoms with van der Waals surface area (Å²) >= 11 is 1.40. The van der Waals surface area contributed by atoms with Crippen LogP contribution in [0.25, 0.3) is 10.8 Å². The van der Waals surface area contributed by atoms with Gasteiger partial charge in [0.15, 0.2) is 0 Å². The Morgan fingerprint density at radius 2 is 1.28 bits per heavy atom. The maximum Gasteiger partial charge on any atom is 0.336 e. The van der Waals surface area contributed by atoms with E-state index in [1.54, 1.807) is 24.3 Å².